The molecule has 0 aliphatic carbocycles. The van der Waals surface area contributed by atoms with Crippen LogP contribution in [0.3, 0.4) is 0 Å². The molecule has 1 saturated heterocycles. The van der Waals surface area contributed by atoms with Gasteiger partial charge in [0, 0.05) is 32.6 Å². The zero-order valence-electron chi connectivity index (χ0n) is 18.7. The Hall–Kier alpha value is -2.82. The standard InChI is InChI=1S/C23H24F7N3O/c1-13-8-18(24)4-5-19(13)21(12-32-6-7-33(21)20(34)31-3)14(2)15-9-16(22(25,26)27)11-17(10-15)23(28,29)30/h4-5,8-11,14,32H,6-7,12H2,1-3H3,(H,31,34)/t14-,21+/m1/s1. The van der Waals surface area contributed by atoms with E-state index >= 15 is 0 Å². The minimum absolute atomic E-state index is 0.0334. The summed E-state index contributed by atoms with van der Waals surface area (Å²) in [5.74, 6) is -1.59. The molecule has 1 aliphatic rings. The van der Waals surface area contributed by atoms with E-state index in [1.54, 1.807) is 6.92 Å². The molecule has 34 heavy (non-hydrogen) atoms. The predicted octanol–water partition coefficient (Wildman–Crippen LogP) is 5.42. The molecule has 4 nitrogen and oxygen atoms in total. The van der Waals surface area contributed by atoms with Crippen LogP contribution in [-0.4, -0.2) is 37.6 Å². The van der Waals surface area contributed by atoms with Gasteiger partial charge in [-0.3, -0.25) is 0 Å². The summed E-state index contributed by atoms with van der Waals surface area (Å²) in [5.41, 5.74) is -3.70. The Labute approximate surface area is 192 Å². The van der Waals surface area contributed by atoms with E-state index < -0.39 is 46.8 Å². The number of rotatable bonds is 3. The Kier molecular flexibility index (Phi) is 6.89. The maximum Gasteiger partial charge on any atom is 0.416 e. The maximum absolute atomic E-state index is 13.9. The fraction of sp³-hybridized carbons (Fsp3) is 0.435. The van der Waals surface area contributed by atoms with Gasteiger partial charge in [-0.25, -0.2) is 9.18 Å². The van der Waals surface area contributed by atoms with Crippen molar-refractivity contribution in [2.75, 3.05) is 26.7 Å². The first-order valence-corrected chi connectivity index (χ1v) is 10.5. The number of alkyl halides is 6. The van der Waals surface area contributed by atoms with Crippen molar-refractivity contribution in [2.45, 2.75) is 37.7 Å². The van der Waals surface area contributed by atoms with Gasteiger partial charge in [0.1, 0.15) is 5.82 Å². The van der Waals surface area contributed by atoms with E-state index in [0.29, 0.717) is 29.8 Å². The lowest BCUT2D eigenvalue weighted by Crippen LogP contribution is -2.64. The van der Waals surface area contributed by atoms with Gasteiger partial charge in [0.05, 0.1) is 16.7 Å². The molecule has 0 aromatic heterocycles. The van der Waals surface area contributed by atoms with E-state index in [2.05, 4.69) is 10.6 Å². The highest BCUT2D eigenvalue weighted by molar-refractivity contribution is 5.76. The molecule has 2 N–H and O–H groups in total. The highest BCUT2D eigenvalue weighted by Crippen LogP contribution is 2.46. The Morgan fingerprint density at radius 3 is 2.15 bits per heavy atom. The lowest BCUT2D eigenvalue weighted by molar-refractivity contribution is -0.143. The number of aryl methyl sites for hydroxylation is 1. The third-order valence-corrected chi connectivity index (χ3v) is 6.33. The number of piperazine rings is 1. The van der Waals surface area contributed by atoms with Gasteiger partial charge in [-0.2, -0.15) is 26.3 Å². The average Bonchev–Trinajstić information content (AvgIpc) is 2.76. The van der Waals surface area contributed by atoms with Crippen LogP contribution < -0.4 is 10.6 Å². The normalized spacial score (nSPS) is 20.2. The summed E-state index contributed by atoms with van der Waals surface area (Å²) in [7, 11) is 1.38. The van der Waals surface area contributed by atoms with E-state index in [1.807, 2.05) is 0 Å². The number of hydrogen-bond acceptors (Lipinski definition) is 2. The molecule has 0 radical (unpaired) electrons. The van der Waals surface area contributed by atoms with Crippen LogP contribution in [-0.2, 0) is 17.9 Å². The molecule has 2 atom stereocenters. The molecule has 1 aliphatic heterocycles. The molecule has 0 saturated carbocycles. The molecule has 1 heterocycles. The summed E-state index contributed by atoms with van der Waals surface area (Å²) in [6, 6.07) is 4.66. The van der Waals surface area contributed by atoms with Crippen LogP contribution in [0.4, 0.5) is 35.5 Å². The minimum atomic E-state index is -5.01. The summed E-state index contributed by atoms with van der Waals surface area (Å²) in [5, 5.41) is 5.60. The fourth-order valence-corrected chi connectivity index (χ4v) is 4.66. The van der Waals surface area contributed by atoms with Gasteiger partial charge < -0.3 is 15.5 Å². The lowest BCUT2D eigenvalue weighted by atomic mass is 9.71. The lowest BCUT2D eigenvalue weighted by Gasteiger charge is -2.52. The number of amides is 2. The predicted molar refractivity (Wildman–Crippen MR) is 112 cm³/mol. The number of benzene rings is 2. The minimum Gasteiger partial charge on any atom is -0.341 e. The van der Waals surface area contributed by atoms with Crippen molar-refractivity contribution in [1.29, 1.82) is 0 Å². The molecule has 2 aromatic rings. The Bertz CT molecular complexity index is 1040. The van der Waals surface area contributed by atoms with Gasteiger partial charge in [0.2, 0.25) is 0 Å². The van der Waals surface area contributed by atoms with E-state index in [9.17, 15) is 35.5 Å². The van der Waals surface area contributed by atoms with Crippen molar-refractivity contribution >= 4 is 6.03 Å². The largest absolute Gasteiger partial charge is 0.416 e. The molecule has 2 amide bonds. The number of carbonyl (C=O) groups excluding carboxylic acids is 1. The molecule has 186 valence electrons. The summed E-state index contributed by atoms with van der Waals surface area (Å²) >= 11 is 0. The zero-order valence-corrected chi connectivity index (χ0v) is 18.7. The number of nitrogens with zero attached hydrogens (tertiary/aromatic N) is 1. The van der Waals surface area contributed by atoms with Crippen LogP contribution in [0.15, 0.2) is 36.4 Å². The van der Waals surface area contributed by atoms with Gasteiger partial charge in [-0.1, -0.05) is 13.0 Å². The highest BCUT2D eigenvalue weighted by Gasteiger charge is 2.49. The summed E-state index contributed by atoms with van der Waals surface area (Å²) < 4.78 is 95.1. The number of hydrogen-bond donors (Lipinski definition) is 2. The van der Waals surface area contributed by atoms with Gasteiger partial charge in [0.15, 0.2) is 0 Å². The second kappa shape index (κ2) is 9.09. The summed E-state index contributed by atoms with van der Waals surface area (Å²) in [6.45, 7) is 3.58. The van der Waals surface area contributed by atoms with E-state index in [4.69, 9.17) is 0 Å². The maximum atomic E-state index is 13.9. The van der Waals surface area contributed by atoms with Crippen LogP contribution in [0.25, 0.3) is 0 Å². The van der Waals surface area contributed by atoms with E-state index in [1.165, 1.54) is 31.0 Å². The molecular formula is C23H24F7N3O. The second-order valence-electron chi connectivity index (χ2n) is 8.33. The van der Waals surface area contributed by atoms with Crippen LogP contribution in [0.1, 0.15) is 40.7 Å². The molecule has 1 fully saturated rings. The second-order valence-corrected chi connectivity index (χ2v) is 8.33. The van der Waals surface area contributed by atoms with Crippen LogP contribution >= 0.6 is 0 Å². The number of urea groups is 1. The van der Waals surface area contributed by atoms with Gasteiger partial charge >= 0.3 is 18.4 Å². The van der Waals surface area contributed by atoms with Crippen molar-refractivity contribution in [1.82, 2.24) is 15.5 Å². The number of nitrogens with one attached hydrogen (secondary N) is 2. The third-order valence-electron chi connectivity index (χ3n) is 6.33. The molecule has 3 rings (SSSR count). The van der Waals surface area contributed by atoms with Gasteiger partial charge in [-0.15, -0.1) is 0 Å². The van der Waals surface area contributed by atoms with Crippen LogP contribution in [0, 0.1) is 12.7 Å². The zero-order chi connectivity index (χ0) is 25.5. The first kappa shape index (κ1) is 25.8. The molecule has 11 heteroatoms. The van der Waals surface area contributed by atoms with Crippen LogP contribution in [0.2, 0.25) is 0 Å². The van der Waals surface area contributed by atoms with Crippen molar-refractivity contribution in [3.05, 3.63) is 70.0 Å². The quantitative estimate of drug-likeness (QED) is 0.564. The smallest absolute Gasteiger partial charge is 0.341 e. The molecule has 2 aromatic carbocycles. The third kappa shape index (κ3) is 4.70. The summed E-state index contributed by atoms with van der Waals surface area (Å²) in [4.78, 5) is 14.3. The van der Waals surface area contributed by atoms with Crippen molar-refractivity contribution in [2.24, 2.45) is 0 Å². The molecular weight excluding hydrogens is 467 g/mol. The number of halogens is 7. The fourth-order valence-electron chi connectivity index (χ4n) is 4.66. The first-order valence-electron chi connectivity index (χ1n) is 10.5. The molecule has 0 spiro atoms. The molecule has 0 bridgehead atoms. The topological polar surface area (TPSA) is 44.4 Å². The Balaban J connectivity index is 2.32. The first-order chi connectivity index (χ1) is 15.7. The van der Waals surface area contributed by atoms with Crippen molar-refractivity contribution in [3.63, 3.8) is 0 Å². The van der Waals surface area contributed by atoms with Gasteiger partial charge in [-0.05, 0) is 53.9 Å². The summed E-state index contributed by atoms with van der Waals surface area (Å²) in [6.07, 6.45) is -10.0. The van der Waals surface area contributed by atoms with Crippen LogP contribution in [0.5, 0.6) is 0 Å². The van der Waals surface area contributed by atoms with E-state index in [0.717, 1.165) is 6.07 Å². The average molecular weight is 491 g/mol. The van der Waals surface area contributed by atoms with Gasteiger partial charge in [0.25, 0.3) is 0 Å². The van der Waals surface area contributed by atoms with E-state index in [-0.39, 0.29) is 24.7 Å². The Morgan fingerprint density at radius 2 is 1.65 bits per heavy atom. The highest BCUT2D eigenvalue weighted by atomic mass is 19.4. The monoisotopic (exact) mass is 491 g/mol. The molecule has 0 unspecified atom stereocenters. The number of carbonyl (C=O) groups is 1. The Morgan fingerprint density at radius 1 is 1.06 bits per heavy atom. The van der Waals surface area contributed by atoms with Crippen molar-refractivity contribution < 1.29 is 35.5 Å². The SMILES string of the molecule is CNC(=O)N1CCNC[C@@]1(c1ccc(F)cc1C)[C@H](C)c1cc(C(F)(F)F)cc(C(F)(F)F)c1. The van der Waals surface area contributed by atoms with Crippen molar-refractivity contribution in [3.8, 4) is 0 Å².